The van der Waals surface area contributed by atoms with Crippen molar-refractivity contribution in [3.05, 3.63) is 36.3 Å². The van der Waals surface area contributed by atoms with Gasteiger partial charge in [0.15, 0.2) is 5.82 Å². The van der Waals surface area contributed by atoms with Crippen LogP contribution < -0.4 is 5.73 Å². The molecular weight excluding hydrogens is 202 g/mol. The van der Waals surface area contributed by atoms with E-state index in [9.17, 15) is 8.78 Å². The topological polar surface area (TPSA) is 56.7 Å². The maximum Gasteiger partial charge on any atom is 0.267 e. The van der Waals surface area contributed by atoms with Gasteiger partial charge >= 0.3 is 0 Å². The average Bonchev–Trinajstić information content (AvgIpc) is 2.70. The summed E-state index contributed by atoms with van der Waals surface area (Å²) in [5.74, 6) is 0.101. The lowest BCUT2D eigenvalue weighted by molar-refractivity contribution is 0.150. The minimum Gasteiger partial charge on any atom is -0.397 e. The van der Waals surface area contributed by atoms with Crippen molar-refractivity contribution in [3.8, 4) is 5.82 Å². The Morgan fingerprint density at radius 1 is 1.40 bits per heavy atom. The van der Waals surface area contributed by atoms with Crippen LogP contribution in [-0.2, 0) is 0 Å². The highest BCUT2D eigenvalue weighted by Crippen LogP contribution is 2.25. The van der Waals surface area contributed by atoms with Crippen LogP contribution in [0.25, 0.3) is 5.82 Å². The third-order valence-corrected chi connectivity index (χ3v) is 1.87. The van der Waals surface area contributed by atoms with Crippen LogP contribution in [-0.4, -0.2) is 14.8 Å². The van der Waals surface area contributed by atoms with Crippen molar-refractivity contribution in [2.24, 2.45) is 0 Å². The fraction of sp³-hybridized carbons (Fsp3) is 0.111. The summed E-state index contributed by atoms with van der Waals surface area (Å²) in [6.07, 6.45) is 1.74. The molecule has 0 fully saturated rings. The summed E-state index contributed by atoms with van der Waals surface area (Å²) in [5.41, 5.74) is 5.38. The SMILES string of the molecule is Nc1cnc(-n2cccn2)c(C(F)F)c1. The zero-order valence-electron chi connectivity index (χ0n) is 7.64. The molecule has 0 aliphatic carbocycles. The Bertz CT molecular complexity index is 453. The Kier molecular flexibility index (Phi) is 2.32. The first-order valence-corrected chi connectivity index (χ1v) is 4.22. The average molecular weight is 210 g/mol. The molecule has 2 heterocycles. The van der Waals surface area contributed by atoms with Crippen molar-refractivity contribution in [2.75, 3.05) is 5.73 Å². The summed E-state index contributed by atoms with van der Waals surface area (Å²) in [6.45, 7) is 0. The van der Waals surface area contributed by atoms with Crippen LogP contribution in [0, 0.1) is 0 Å². The molecule has 0 aliphatic rings. The van der Waals surface area contributed by atoms with E-state index >= 15 is 0 Å². The van der Waals surface area contributed by atoms with Crippen molar-refractivity contribution in [2.45, 2.75) is 6.43 Å². The molecule has 2 aromatic rings. The molecule has 2 rings (SSSR count). The lowest BCUT2D eigenvalue weighted by Crippen LogP contribution is -2.04. The molecule has 15 heavy (non-hydrogen) atoms. The summed E-state index contributed by atoms with van der Waals surface area (Å²) in [4.78, 5) is 3.84. The molecule has 78 valence electrons. The highest BCUT2D eigenvalue weighted by molar-refractivity contribution is 5.45. The monoisotopic (exact) mass is 210 g/mol. The number of pyridine rings is 1. The maximum atomic E-state index is 12.7. The number of nitrogen functional groups attached to an aromatic ring is 1. The number of halogens is 2. The van der Waals surface area contributed by atoms with Crippen LogP contribution in [0.15, 0.2) is 30.7 Å². The Hall–Kier alpha value is -1.98. The molecule has 0 spiro atoms. The van der Waals surface area contributed by atoms with E-state index in [2.05, 4.69) is 10.1 Å². The number of rotatable bonds is 2. The van der Waals surface area contributed by atoms with E-state index in [0.29, 0.717) is 0 Å². The maximum absolute atomic E-state index is 12.7. The van der Waals surface area contributed by atoms with Gasteiger partial charge in [0.2, 0.25) is 0 Å². The van der Waals surface area contributed by atoms with Gasteiger partial charge in [-0.1, -0.05) is 0 Å². The molecule has 0 aliphatic heterocycles. The lowest BCUT2D eigenvalue weighted by Gasteiger charge is -2.08. The second-order valence-corrected chi connectivity index (χ2v) is 2.93. The van der Waals surface area contributed by atoms with Gasteiger partial charge < -0.3 is 5.73 Å². The van der Waals surface area contributed by atoms with E-state index < -0.39 is 6.43 Å². The van der Waals surface area contributed by atoms with Crippen LogP contribution in [0.2, 0.25) is 0 Å². The largest absolute Gasteiger partial charge is 0.397 e. The van der Waals surface area contributed by atoms with Crippen LogP contribution in [0.4, 0.5) is 14.5 Å². The quantitative estimate of drug-likeness (QED) is 0.822. The summed E-state index contributed by atoms with van der Waals surface area (Å²) < 4.78 is 26.6. The highest BCUT2D eigenvalue weighted by Gasteiger charge is 2.16. The van der Waals surface area contributed by atoms with E-state index in [1.165, 1.54) is 23.1 Å². The zero-order valence-corrected chi connectivity index (χ0v) is 7.64. The highest BCUT2D eigenvalue weighted by atomic mass is 19.3. The van der Waals surface area contributed by atoms with Crippen molar-refractivity contribution in [3.63, 3.8) is 0 Å². The molecule has 0 saturated carbocycles. The van der Waals surface area contributed by atoms with Gasteiger partial charge in [0.25, 0.3) is 6.43 Å². The van der Waals surface area contributed by atoms with E-state index in [0.717, 1.165) is 0 Å². The molecule has 0 aromatic carbocycles. The number of nitrogens with two attached hydrogens (primary N) is 1. The van der Waals surface area contributed by atoms with E-state index in [4.69, 9.17) is 5.73 Å². The molecule has 2 aromatic heterocycles. The van der Waals surface area contributed by atoms with Gasteiger partial charge in [-0.2, -0.15) is 5.10 Å². The van der Waals surface area contributed by atoms with Crippen molar-refractivity contribution >= 4 is 5.69 Å². The first-order valence-electron chi connectivity index (χ1n) is 4.22. The fourth-order valence-electron chi connectivity index (χ4n) is 1.24. The van der Waals surface area contributed by atoms with Gasteiger partial charge in [-0.25, -0.2) is 18.4 Å². The Labute approximate surface area is 84.4 Å². The van der Waals surface area contributed by atoms with Crippen molar-refractivity contribution < 1.29 is 8.78 Å². The summed E-state index contributed by atoms with van der Waals surface area (Å²) in [6, 6.07) is 2.84. The van der Waals surface area contributed by atoms with Crippen molar-refractivity contribution in [1.82, 2.24) is 14.8 Å². The Balaban J connectivity index is 2.56. The Morgan fingerprint density at radius 3 is 2.80 bits per heavy atom. The minimum absolute atomic E-state index is 0.101. The first-order chi connectivity index (χ1) is 7.18. The Morgan fingerprint density at radius 2 is 2.20 bits per heavy atom. The van der Waals surface area contributed by atoms with Crippen LogP contribution in [0.1, 0.15) is 12.0 Å². The number of nitrogens with zero attached hydrogens (tertiary/aromatic N) is 3. The normalized spacial score (nSPS) is 10.9. The molecule has 0 saturated heterocycles. The van der Waals surface area contributed by atoms with Gasteiger partial charge in [0.05, 0.1) is 17.4 Å². The van der Waals surface area contributed by atoms with Crippen molar-refractivity contribution in [1.29, 1.82) is 0 Å². The molecule has 4 nitrogen and oxygen atoms in total. The number of aromatic nitrogens is 3. The van der Waals surface area contributed by atoms with E-state index in [-0.39, 0.29) is 17.1 Å². The zero-order chi connectivity index (χ0) is 10.8. The molecule has 0 bridgehead atoms. The number of alkyl halides is 2. The summed E-state index contributed by atoms with van der Waals surface area (Å²) in [7, 11) is 0. The van der Waals surface area contributed by atoms with E-state index in [1.807, 2.05) is 0 Å². The smallest absolute Gasteiger partial charge is 0.267 e. The fourth-order valence-corrected chi connectivity index (χ4v) is 1.24. The molecular formula is C9H8F2N4. The van der Waals surface area contributed by atoms with Crippen LogP contribution in [0.3, 0.4) is 0 Å². The molecule has 0 atom stereocenters. The second-order valence-electron chi connectivity index (χ2n) is 2.93. The molecule has 0 amide bonds. The molecule has 0 unspecified atom stereocenters. The van der Waals surface area contributed by atoms with Crippen LogP contribution >= 0.6 is 0 Å². The molecule has 2 N–H and O–H groups in total. The van der Waals surface area contributed by atoms with Gasteiger partial charge in [0, 0.05) is 12.4 Å². The summed E-state index contributed by atoms with van der Waals surface area (Å²) >= 11 is 0. The number of hydrogen-bond donors (Lipinski definition) is 1. The first kappa shape index (κ1) is 9.57. The summed E-state index contributed by atoms with van der Waals surface area (Å²) in [5, 5.41) is 3.84. The van der Waals surface area contributed by atoms with E-state index in [1.54, 1.807) is 12.3 Å². The van der Waals surface area contributed by atoms with Gasteiger partial charge in [-0.05, 0) is 12.1 Å². The van der Waals surface area contributed by atoms with Gasteiger partial charge in [-0.15, -0.1) is 0 Å². The van der Waals surface area contributed by atoms with Gasteiger partial charge in [0.1, 0.15) is 0 Å². The predicted octanol–water partition coefficient (Wildman–Crippen LogP) is 1.79. The van der Waals surface area contributed by atoms with Crippen LogP contribution in [0.5, 0.6) is 0 Å². The third-order valence-electron chi connectivity index (χ3n) is 1.87. The lowest BCUT2D eigenvalue weighted by atomic mass is 10.2. The number of hydrogen-bond acceptors (Lipinski definition) is 3. The molecule has 6 heteroatoms. The minimum atomic E-state index is -2.62. The second kappa shape index (κ2) is 3.64. The third kappa shape index (κ3) is 1.78. The van der Waals surface area contributed by atoms with Gasteiger partial charge in [-0.3, -0.25) is 0 Å². The standard InChI is InChI=1S/C9H8F2N4/c10-8(11)7-4-6(12)5-13-9(7)15-3-1-2-14-15/h1-5,8H,12H2. The number of anilines is 1. The predicted molar refractivity (Wildman–Crippen MR) is 50.7 cm³/mol. The molecule has 0 radical (unpaired) electrons.